The van der Waals surface area contributed by atoms with Crippen molar-refractivity contribution >= 4 is 20.7 Å². The molecule has 0 saturated heterocycles. The van der Waals surface area contributed by atoms with Crippen LogP contribution in [0.5, 0.6) is 0 Å². The number of nitrogens with two attached hydrogens (primary N) is 1. The highest BCUT2D eigenvalue weighted by Crippen LogP contribution is 2.21. The summed E-state index contributed by atoms with van der Waals surface area (Å²) in [4.78, 5) is 3.09. The predicted octanol–water partition coefficient (Wildman–Crippen LogP) is 1.56. The molecule has 5 heteroatoms. The van der Waals surface area contributed by atoms with Crippen LogP contribution in [0.1, 0.15) is 18.1 Å². The summed E-state index contributed by atoms with van der Waals surface area (Å²) in [6.45, 7) is 2.15. The zero-order valence-corrected chi connectivity index (χ0v) is 10.5. The highest BCUT2D eigenvalue weighted by Gasteiger charge is 2.12. The molecule has 92 valence electrons. The topological polar surface area (TPSA) is 76.0 Å². The first kappa shape index (κ1) is 12.1. The van der Waals surface area contributed by atoms with E-state index in [2.05, 4.69) is 4.98 Å². The van der Waals surface area contributed by atoms with Gasteiger partial charge in [0.1, 0.15) is 0 Å². The second kappa shape index (κ2) is 4.50. The van der Waals surface area contributed by atoms with Gasteiger partial charge >= 0.3 is 0 Å². The molecule has 0 spiro atoms. The van der Waals surface area contributed by atoms with Gasteiger partial charge in [0.2, 0.25) is 0 Å². The summed E-state index contributed by atoms with van der Waals surface area (Å²) in [6.07, 6.45) is 1.76. The normalized spacial score (nSPS) is 12.1. The van der Waals surface area contributed by atoms with Crippen LogP contribution in [0.2, 0.25) is 0 Å². The van der Waals surface area contributed by atoms with Crippen LogP contribution in [0.4, 0.5) is 0 Å². The molecule has 0 radical (unpaired) electrons. The van der Waals surface area contributed by atoms with E-state index < -0.39 is 9.84 Å². The van der Waals surface area contributed by atoms with Crippen LogP contribution < -0.4 is 5.73 Å². The summed E-state index contributed by atoms with van der Waals surface area (Å²) < 4.78 is 23.2. The molecule has 0 aliphatic carbocycles. The van der Waals surface area contributed by atoms with Crippen LogP contribution in [-0.2, 0) is 22.1 Å². The van der Waals surface area contributed by atoms with E-state index in [0.29, 0.717) is 6.54 Å². The summed E-state index contributed by atoms with van der Waals surface area (Å²) in [5, 5.41) is 0.958. The van der Waals surface area contributed by atoms with E-state index in [-0.39, 0.29) is 11.5 Å². The Kier molecular flexibility index (Phi) is 3.22. The van der Waals surface area contributed by atoms with Gasteiger partial charge < -0.3 is 10.7 Å². The quantitative estimate of drug-likeness (QED) is 0.867. The summed E-state index contributed by atoms with van der Waals surface area (Å²) in [5.41, 5.74) is 8.36. The van der Waals surface area contributed by atoms with Crippen molar-refractivity contribution in [3.05, 3.63) is 35.5 Å². The SMILES string of the molecule is CCS(=O)(=O)Cc1c[nH]c2cc(CN)ccc12. The van der Waals surface area contributed by atoms with Gasteiger partial charge in [-0.15, -0.1) is 0 Å². The van der Waals surface area contributed by atoms with E-state index in [0.717, 1.165) is 22.0 Å². The predicted molar refractivity (Wildman–Crippen MR) is 69.4 cm³/mol. The highest BCUT2D eigenvalue weighted by molar-refractivity contribution is 7.90. The fourth-order valence-corrected chi connectivity index (χ4v) is 2.74. The van der Waals surface area contributed by atoms with E-state index in [1.54, 1.807) is 13.1 Å². The lowest BCUT2D eigenvalue weighted by atomic mass is 10.1. The van der Waals surface area contributed by atoms with Crippen LogP contribution in [0.15, 0.2) is 24.4 Å². The Morgan fingerprint density at radius 2 is 2.12 bits per heavy atom. The van der Waals surface area contributed by atoms with Gasteiger partial charge in [-0.05, 0) is 17.2 Å². The van der Waals surface area contributed by atoms with Crippen molar-refractivity contribution in [2.75, 3.05) is 5.75 Å². The molecule has 3 N–H and O–H groups in total. The fourth-order valence-electron chi connectivity index (χ4n) is 1.82. The molecule has 0 bridgehead atoms. The summed E-state index contributed by atoms with van der Waals surface area (Å²) in [7, 11) is -2.99. The van der Waals surface area contributed by atoms with E-state index in [9.17, 15) is 8.42 Å². The lowest BCUT2D eigenvalue weighted by molar-refractivity contribution is 0.596. The summed E-state index contributed by atoms with van der Waals surface area (Å²) in [6, 6.07) is 5.81. The Labute approximate surface area is 101 Å². The first-order valence-corrected chi connectivity index (χ1v) is 7.37. The van der Waals surface area contributed by atoms with Crippen LogP contribution >= 0.6 is 0 Å². The zero-order chi connectivity index (χ0) is 12.5. The number of aromatic amines is 1. The number of aromatic nitrogens is 1. The number of fused-ring (bicyclic) bond motifs is 1. The van der Waals surface area contributed by atoms with Crippen molar-refractivity contribution in [1.29, 1.82) is 0 Å². The fraction of sp³-hybridized carbons (Fsp3) is 0.333. The minimum atomic E-state index is -2.99. The van der Waals surface area contributed by atoms with Gasteiger partial charge in [-0.1, -0.05) is 19.1 Å². The number of rotatable bonds is 4. The molecule has 0 saturated carbocycles. The van der Waals surface area contributed by atoms with E-state index in [1.165, 1.54) is 0 Å². The smallest absolute Gasteiger partial charge is 0.154 e. The summed E-state index contributed by atoms with van der Waals surface area (Å²) >= 11 is 0. The minimum absolute atomic E-state index is 0.0888. The molecule has 0 amide bonds. The molecule has 0 fully saturated rings. The van der Waals surface area contributed by atoms with Crippen LogP contribution in [-0.4, -0.2) is 19.2 Å². The Morgan fingerprint density at radius 1 is 1.35 bits per heavy atom. The third-order valence-corrected chi connectivity index (χ3v) is 4.51. The Morgan fingerprint density at radius 3 is 2.76 bits per heavy atom. The van der Waals surface area contributed by atoms with Crippen LogP contribution in [0.3, 0.4) is 0 Å². The van der Waals surface area contributed by atoms with Gasteiger partial charge in [-0.3, -0.25) is 0 Å². The zero-order valence-electron chi connectivity index (χ0n) is 9.73. The molecule has 0 unspecified atom stereocenters. The molecule has 2 aromatic rings. The van der Waals surface area contributed by atoms with Gasteiger partial charge in [-0.2, -0.15) is 0 Å². The molecule has 17 heavy (non-hydrogen) atoms. The molecule has 0 aliphatic heterocycles. The van der Waals surface area contributed by atoms with Crippen LogP contribution in [0, 0.1) is 0 Å². The molecule has 1 heterocycles. The maximum atomic E-state index is 11.6. The number of hydrogen-bond acceptors (Lipinski definition) is 3. The molecule has 1 aromatic carbocycles. The van der Waals surface area contributed by atoms with Crippen molar-refractivity contribution in [1.82, 2.24) is 4.98 Å². The minimum Gasteiger partial charge on any atom is -0.361 e. The average molecular weight is 252 g/mol. The van der Waals surface area contributed by atoms with Gasteiger partial charge in [0.15, 0.2) is 9.84 Å². The van der Waals surface area contributed by atoms with Gasteiger partial charge in [-0.25, -0.2) is 8.42 Å². The molecule has 1 aromatic heterocycles. The second-order valence-corrected chi connectivity index (χ2v) is 6.43. The number of H-pyrrole nitrogens is 1. The van der Waals surface area contributed by atoms with Crippen LogP contribution in [0.25, 0.3) is 10.9 Å². The van der Waals surface area contributed by atoms with Crippen molar-refractivity contribution in [2.24, 2.45) is 5.73 Å². The lowest BCUT2D eigenvalue weighted by Gasteiger charge is -2.01. The number of hydrogen-bond donors (Lipinski definition) is 2. The van der Waals surface area contributed by atoms with Crippen molar-refractivity contribution < 1.29 is 8.42 Å². The van der Waals surface area contributed by atoms with Crippen molar-refractivity contribution in [3.63, 3.8) is 0 Å². The monoisotopic (exact) mass is 252 g/mol. The Hall–Kier alpha value is -1.33. The second-order valence-electron chi connectivity index (χ2n) is 4.07. The van der Waals surface area contributed by atoms with E-state index in [4.69, 9.17) is 5.73 Å². The van der Waals surface area contributed by atoms with E-state index >= 15 is 0 Å². The first-order chi connectivity index (χ1) is 8.05. The third-order valence-electron chi connectivity index (χ3n) is 2.88. The molecular weight excluding hydrogens is 236 g/mol. The first-order valence-electron chi connectivity index (χ1n) is 5.55. The van der Waals surface area contributed by atoms with Gasteiger partial charge in [0.05, 0.1) is 5.75 Å². The molecular formula is C12H16N2O2S. The molecule has 4 nitrogen and oxygen atoms in total. The van der Waals surface area contributed by atoms with Gasteiger partial charge in [0.25, 0.3) is 0 Å². The number of nitrogens with one attached hydrogen (secondary N) is 1. The highest BCUT2D eigenvalue weighted by atomic mass is 32.2. The largest absolute Gasteiger partial charge is 0.361 e. The molecule has 0 aliphatic rings. The lowest BCUT2D eigenvalue weighted by Crippen LogP contribution is -2.06. The maximum absolute atomic E-state index is 11.6. The molecule has 2 rings (SSSR count). The maximum Gasteiger partial charge on any atom is 0.154 e. The molecule has 0 atom stereocenters. The third kappa shape index (κ3) is 2.50. The van der Waals surface area contributed by atoms with Crippen molar-refractivity contribution in [2.45, 2.75) is 19.2 Å². The summed E-state index contributed by atoms with van der Waals surface area (Å²) in [5.74, 6) is 0.256. The van der Waals surface area contributed by atoms with Crippen molar-refractivity contribution in [3.8, 4) is 0 Å². The number of sulfone groups is 1. The van der Waals surface area contributed by atoms with E-state index in [1.807, 2.05) is 18.2 Å². The van der Waals surface area contributed by atoms with Gasteiger partial charge in [0, 0.05) is 29.4 Å². The standard InChI is InChI=1S/C12H16N2O2S/c1-2-17(15,16)8-10-7-14-12-5-9(6-13)3-4-11(10)12/h3-5,7,14H,2,6,8,13H2,1H3. The Bertz CT molecular complexity index is 629. The average Bonchev–Trinajstić information content (AvgIpc) is 2.71. The number of benzene rings is 1. The Balaban J connectivity index is 2.44.